The second kappa shape index (κ2) is 30.7. The van der Waals surface area contributed by atoms with Gasteiger partial charge in [0.25, 0.3) is 0 Å². The largest absolute Gasteiger partial charge is 0.508 e. The maximum absolute atomic E-state index is 14.6. The van der Waals surface area contributed by atoms with Crippen molar-refractivity contribution in [3.63, 3.8) is 0 Å². The Balaban J connectivity index is 1.63. The van der Waals surface area contributed by atoms with Crippen molar-refractivity contribution in [1.82, 2.24) is 46.8 Å². The highest BCUT2D eigenvalue weighted by Crippen LogP contribution is 2.21. The third-order valence-corrected chi connectivity index (χ3v) is 12.5. The Morgan fingerprint density at radius 3 is 1.77 bits per heavy atom. The molecule has 28 nitrogen and oxygen atoms in total. The summed E-state index contributed by atoms with van der Waals surface area (Å²) in [6, 6.07) is 3.67. The van der Waals surface area contributed by atoms with Gasteiger partial charge in [0.15, 0.2) is 11.9 Å². The Morgan fingerprint density at radius 2 is 1.22 bits per heavy atom. The molecule has 0 unspecified atom stereocenters. The second-order valence-corrected chi connectivity index (χ2v) is 19.1. The number of hydrogen-bond acceptors (Lipinski definition) is 14. The number of rotatable bonds is 31. The lowest BCUT2D eigenvalue weighted by Gasteiger charge is -2.31. The maximum atomic E-state index is 14.6. The third-order valence-electron chi connectivity index (χ3n) is 12.5. The average Bonchev–Trinajstić information content (AvgIpc) is 4.12. The number of aromatic nitrogens is 2. The molecule has 8 amide bonds. The van der Waals surface area contributed by atoms with Gasteiger partial charge in [-0.25, -0.2) is 9.78 Å². The van der Waals surface area contributed by atoms with Crippen LogP contribution in [0.3, 0.4) is 0 Å². The number of aliphatic carboxylic acids is 1. The number of carbonyl (C=O) groups excluding carboxylic acids is 8. The molecule has 1 aliphatic heterocycles. The molecule has 0 spiro atoms. The molecule has 2 heterocycles. The fourth-order valence-corrected chi connectivity index (χ4v) is 8.44. The number of aromatic hydroxyl groups is 1. The average molecular weight is 1090 g/mol. The minimum Gasteiger partial charge on any atom is -0.508 e. The van der Waals surface area contributed by atoms with Crippen molar-refractivity contribution < 1.29 is 53.4 Å². The summed E-state index contributed by atoms with van der Waals surface area (Å²) in [5, 5.41) is 35.9. The number of likely N-dealkylation sites (tertiary alicyclic amines) is 1. The van der Waals surface area contributed by atoms with E-state index >= 15 is 0 Å². The van der Waals surface area contributed by atoms with Crippen LogP contribution >= 0.6 is 0 Å². The van der Waals surface area contributed by atoms with E-state index in [-0.39, 0.29) is 88.7 Å². The number of carboxylic acid groups (broad SMARTS) is 1. The third kappa shape index (κ3) is 20.4. The van der Waals surface area contributed by atoms with Crippen molar-refractivity contribution in [3.05, 3.63) is 83.9 Å². The van der Waals surface area contributed by atoms with Crippen molar-refractivity contribution in [2.45, 2.75) is 126 Å². The zero-order valence-corrected chi connectivity index (χ0v) is 43.6. The van der Waals surface area contributed by atoms with Crippen LogP contribution in [0.5, 0.6) is 5.75 Å². The van der Waals surface area contributed by atoms with Gasteiger partial charge >= 0.3 is 5.97 Å². The van der Waals surface area contributed by atoms with Gasteiger partial charge in [0, 0.05) is 50.8 Å². The monoisotopic (exact) mass is 1090 g/mol. The van der Waals surface area contributed by atoms with Crippen LogP contribution in [0.2, 0.25) is 0 Å². The van der Waals surface area contributed by atoms with E-state index in [1.54, 1.807) is 44.2 Å². The molecule has 8 atom stereocenters. The van der Waals surface area contributed by atoms with Crippen LogP contribution in [0.25, 0.3) is 0 Å². The van der Waals surface area contributed by atoms with E-state index in [0.29, 0.717) is 23.2 Å². The quantitative estimate of drug-likeness (QED) is 0.0166. The van der Waals surface area contributed by atoms with Crippen molar-refractivity contribution in [2.24, 2.45) is 50.3 Å². The normalized spacial score (nSPS) is 15.6. The number of amides is 8. The van der Waals surface area contributed by atoms with Crippen LogP contribution in [0, 0.1) is 5.92 Å². The number of H-pyrrole nitrogens is 1. The first-order chi connectivity index (χ1) is 37.0. The summed E-state index contributed by atoms with van der Waals surface area (Å²) in [6.45, 7) is 3.40. The molecule has 21 N–H and O–H groups in total. The fourth-order valence-electron chi connectivity index (χ4n) is 8.44. The Labute approximate surface area is 450 Å². The molecule has 0 radical (unpaired) electrons. The van der Waals surface area contributed by atoms with Crippen LogP contribution in [-0.2, 0) is 62.4 Å². The second-order valence-electron chi connectivity index (χ2n) is 19.1. The number of hydrogen-bond donors (Lipinski definition) is 15. The maximum Gasteiger partial charge on any atom is 0.326 e. The van der Waals surface area contributed by atoms with Gasteiger partial charge in [0.05, 0.1) is 18.8 Å². The molecule has 2 aromatic carbocycles. The zero-order chi connectivity index (χ0) is 57.5. The Bertz CT molecular complexity index is 2570. The molecule has 28 heteroatoms. The van der Waals surface area contributed by atoms with Crippen LogP contribution < -0.4 is 66.3 Å². The van der Waals surface area contributed by atoms with Gasteiger partial charge in [-0.15, -0.1) is 0 Å². The zero-order valence-electron chi connectivity index (χ0n) is 43.6. The lowest BCUT2D eigenvalue weighted by Crippen LogP contribution is -2.61. The molecule has 1 fully saturated rings. The van der Waals surface area contributed by atoms with Crippen molar-refractivity contribution in [3.8, 4) is 5.75 Å². The number of guanidine groups is 2. The number of phenols is 1. The Hall–Kier alpha value is -8.82. The van der Waals surface area contributed by atoms with E-state index in [1.165, 1.54) is 41.7 Å². The van der Waals surface area contributed by atoms with Crippen molar-refractivity contribution in [2.75, 3.05) is 19.6 Å². The standard InChI is InChI=1S/C50H73N17O11/c1-27(2)40(66-43(72)34(12-7-19-59-50(55)56)61-41(70)32(51)24-39(52)69)46(75)63-35(21-29-14-16-31(68)17-15-29)44(73)62-33(11-6-18-58-49(53)54)42(71)64-36(23-30-25-57-26-60-30)47(76)67-20-8-13-38(67)45(74)65-37(48(77)78)22-28-9-4-3-5-10-28/h3-5,9-10,14-17,25-27,32-38,40,68H,6-8,11-13,18-24,51H2,1-2H3,(H2,52,69)(H,57,60)(H,61,70)(H,62,73)(H,63,75)(H,64,71)(H,65,74)(H,66,72)(H,77,78)(H4,53,54,58)(H4,55,56,59)/t32-,33-,34-,35-,36-,37-,38-,40-/m0/s1. The van der Waals surface area contributed by atoms with E-state index in [1.807, 2.05) is 0 Å². The minimum absolute atomic E-state index is 0.0148. The number of primary amides is 1. The van der Waals surface area contributed by atoms with Gasteiger partial charge in [-0.2, -0.15) is 0 Å². The smallest absolute Gasteiger partial charge is 0.326 e. The first-order valence-corrected chi connectivity index (χ1v) is 25.3. The van der Waals surface area contributed by atoms with E-state index in [2.05, 4.69) is 51.9 Å². The first-order valence-electron chi connectivity index (χ1n) is 25.3. The lowest BCUT2D eigenvalue weighted by molar-refractivity contribution is -0.145. The summed E-state index contributed by atoms with van der Waals surface area (Å²) in [7, 11) is 0. The lowest BCUT2D eigenvalue weighted by atomic mass is 9.99. The number of benzene rings is 2. The van der Waals surface area contributed by atoms with E-state index in [0.717, 1.165) is 0 Å². The molecule has 1 aromatic heterocycles. The molecule has 78 heavy (non-hydrogen) atoms. The van der Waals surface area contributed by atoms with Gasteiger partial charge in [0.2, 0.25) is 47.3 Å². The van der Waals surface area contributed by atoms with E-state index < -0.39 is 114 Å². The predicted molar refractivity (Wildman–Crippen MR) is 285 cm³/mol. The summed E-state index contributed by atoms with van der Waals surface area (Å²) >= 11 is 0. The molecule has 3 aromatic rings. The fraction of sp³-hybridized carbons (Fsp3) is 0.480. The van der Waals surface area contributed by atoms with Crippen LogP contribution in [-0.4, -0.2) is 158 Å². The SMILES string of the molecule is CC(C)[C@H](NC(=O)[C@H](CCCN=C(N)N)NC(=O)[C@@H](N)CC(N)=O)C(=O)N[C@@H](Cc1ccc(O)cc1)C(=O)N[C@@H](CCCN=C(N)N)C(=O)N[C@@H](Cc1cnc[nH]1)C(=O)N1CCC[C@H]1C(=O)N[C@@H](Cc1ccccc1)C(=O)O. The number of imidazole rings is 1. The molecule has 424 valence electrons. The number of phenolic OH excluding ortho intramolecular Hbond substituents is 1. The van der Waals surface area contributed by atoms with Gasteiger partial charge in [-0.3, -0.25) is 48.3 Å². The summed E-state index contributed by atoms with van der Waals surface area (Å²) in [5.41, 5.74) is 34.6. The molecule has 1 saturated heterocycles. The molecule has 1 aliphatic rings. The van der Waals surface area contributed by atoms with E-state index in [4.69, 9.17) is 34.4 Å². The van der Waals surface area contributed by atoms with Crippen molar-refractivity contribution in [1.29, 1.82) is 0 Å². The number of nitrogens with one attached hydrogen (secondary N) is 7. The number of carboxylic acids is 1. The highest BCUT2D eigenvalue weighted by atomic mass is 16.4. The Kier molecular flexibility index (Phi) is 24.3. The summed E-state index contributed by atoms with van der Waals surface area (Å²) < 4.78 is 0. The highest BCUT2D eigenvalue weighted by molar-refractivity contribution is 5.98. The molecule has 0 bridgehead atoms. The number of aliphatic imine (C=N–C) groups is 2. The van der Waals surface area contributed by atoms with Crippen LogP contribution in [0.1, 0.15) is 75.6 Å². The molecule has 0 aliphatic carbocycles. The van der Waals surface area contributed by atoms with Crippen molar-refractivity contribution >= 4 is 65.1 Å². The predicted octanol–water partition coefficient (Wildman–Crippen LogP) is -3.91. The minimum atomic E-state index is -1.47. The van der Waals surface area contributed by atoms with Gasteiger partial charge < -0.3 is 86.4 Å². The van der Waals surface area contributed by atoms with Gasteiger partial charge in [-0.1, -0.05) is 56.3 Å². The molecule has 0 saturated carbocycles. The first kappa shape index (κ1) is 61.7. The Morgan fingerprint density at radius 1 is 0.679 bits per heavy atom. The topological polar surface area (TPSA) is 479 Å². The van der Waals surface area contributed by atoms with Gasteiger partial charge in [-0.05, 0) is 67.7 Å². The summed E-state index contributed by atoms with van der Waals surface area (Å²) in [5.74, 6) is -9.02. The number of nitrogens with two attached hydrogens (primary N) is 6. The molecule has 4 rings (SSSR count). The number of carbonyl (C=O) groups is 9. The number of nitrogens with zero attached hydrogens (tertiary/aromatic N) is 4. The van der Waals surface area contributed by atoms with Crippen LogP contribution in [0.15, 0.2) is 77.1 Å². The summed E-state index contributed by atoms with van der Waals surface area (Å²) in [6.07, 6.45) is 2.60. The van der Waals surface area contributed by atoms with Gasteiger partial charge in [0.1, 0.15) is 48.0 Å². The molecular formula is C50H73N17O11. The molecular weight excluding hydrogens is 1010 g/mol. The van der Waals surface area contributed by atoms with Crippen LogP contribution in [0.4, 0.5) is 0 Å². The number of aromatic amines is 1. The van der Waals surface area contributed by atoms with E-state index in [9.17, 15) is 53.4 Å². The summed E-state index contributed by atoms with van der Waals surface area (Å²) in [4.78, 5) is 139. The highest BCUT2D eigenvalue weighted by Gasteiger charge is 2.40.